The Morgan fingerprint density at radius 1 is 1.26 bits per heavy atom. The zero-order chi connectivity index (χ0) is 20.0. The van der Waals surface area contributed by atoms with Crippen molar-refractivity contribution >= 4 is 34.8 Å². The van der Waals surface area contributed by atoms with E-state index in [0.29, 0.717) is 5.56 Å². The largest absolute Gasteiger partial charge is 0.417 e. The van der Waals surface area contributed by atoms with Crippen molar-refractivity contribution in [1.29, 1.82) is 0 Å². The van der Waals surface area contributed by atoms with Crippen LogP contribution in [0.15, 0.2) is 47.8 Å². The molecule has 0 saturated heterocycles. The van der Waals surface area contributed by atoms with Crippen LogP contribution < -0.4 is 10.7 Å². The molecule has 0 aliphatic rings. The molecular formula is C17H14ClF3N4O2. The van der Waals surface area contributed by atoms with Gasteiger partial charge in [0.2, 0.25) is 5.91 Å². The Morgan fingerprint density at radius 2 is 2.00 bits per heavy atom. The number of carbonyl (C=O) groups is 2. The lowest BCUT2D eigenvalue weighted by Gasteiger charge is -2.11. The molecule has 10 heteroatoms. The SMILES string of the molecule is CC(CC(=O)Nc1ccc(Cl)c(C(F)(F)F)c1)=NNC(=O)c1cccnc1. The van der Waals surface area contributed by atoms with Crippen molar-refractivity contribution in [3.63, 3.8) is 0 Å². The molecule has 2 aromatic rings. The highest BCUT2D eigenvalue weighted by atomic mass is 35.5. The van der Waals surface area contributed by atoms with Crippen LogP contribution in [0.25, 0.3) is 0 Å². The van der Waals surface area contributed by atoms with E-state index in [-0.39, 0.29) is 17.8 Å². The lowest BCUT2D eigenvalue weighted by atomic mass is 10.2. The van der Waals surface area contributed by atoms with Crippen LogP contribution >= 0.6 is 11.6 Å². The number of halogens is 4. The van der Waals surface area contributed by atoms with E-state index in [2.05, 4.69) is 20.8 Å². The number of nitrogens with zero attached hydrogens (tertiary/aromatic N) is 2. The Hall–Kier alpha value is -2.94. The van der Waals surface area contributed by atoms with Crippen molar-refractivity contribution in [2.75, 3.05) is 5.32 Å². The van der Waals surface area contributed by atoms with Crippen molar-refractivity contribution in [3.05, 3.63) is 58.9 Å². The maximum atomic E-state index is 12.8. The van der Waals surface area contributed by atoms with Crippen LogP contribution in [0.5, 0.6) is 0 Å². The van der Waals surface area contributed by atoms with E-state index in [4.69, 9.17) is 11.6 Å². The Bertz CT molecular complexity index is 870. The Morgan fingerprint density at radius 3 is 2.63 bits per heavy atom. The predicted octanol–water partition coefficient (Wildman–Crippen LogP) is 3.89. The Kier molecular flexibility index (Phi) is 6.51. The lowest BCUT2D eigenvalue weighted by Crippen LogP contribution is -2.21. The number of aromatic nitrogens is 1. The lowest BCUT2D eigenvalue weighted by molar-refractivity contribution is -0.137. The van der Waals surface area contributed by atoms with E-state index in [9.17, 15) is 22.8 Å². The van der Waals surface area contributed by atoms with Gasteiger partial charge in [-0.3, -0.25) is 14.6 Å². The van der Waals surface area contributed by atoms with Gasteiger partial charge >= 0.3 is 6.18 Å². The third kappa shape index (κ3) is 6.07. The van der Waals surface area contributed by atoms with Gasteiger partial charge in [-0.1, -0.05) is 11.6 Å². The maximum Gasteiger partial charge on any atom is 0.417 e. The Balaban J connectivity index is 1.96. The fraction of sp³-hybridized carbons (Fsp3) is 0.176. The maximum absolute atomic E-state index is 12.8. The molecule has 0 aliphatic heterocycles. The second kappa shape index (κ2) is 8.63. The number of hydrazone groups is 1. The van der Waals surface area contributed by atoms with Crippen LogP contribution in [-0.4, -0.2) is 22.5 Å². The van der Waals surface area contributed by atoms with Crippen LogP contribution in [0.2, 0.25) is 5.02 Å². The molecule has 0 bridgehead atoms. The quantitative estimate of drug-likeness (QED) is 0.592. The van der Waals surface area contributed by atoms with E-state index in [1.807, 2.05) is 0 Å². The monoisotopic (exact) mass is 398 g/mol. The minimum atomic E-state index is -4.63. The van der Waals surface area contributed by atoms with E-state index < -0.39 is 28.6 Å². The fourth-order valence-corrected chi connectivity index (χ4v) is 2.23. The molecule has 1 aromatic carbocycles. The second-order valence-corrected chi connectivity index (χ2v) is 5.85. The molecule has 6 nitrogen and oxygen atoms in total. The van der Waals surface area contributed by atoms with Crippen LogP contribution in [0, 0.1) is 0 Å². The minimum absolute atomic E-state index is 0.0519. The molecule has 1 heterocycles. The molecule has 0 spiro atoms. The van der Waals surface area contributed by atoms with Gasteiger partial charge in [-0.2, -0.15) is 18.3 Å². The van der Waals surface area contributed by atoms with Crippen molar-refractivity contribution < 1.29 is 22.8 Å². The number of anilines is 1. The van der Waals surface area contributed by atoms with Crippen LogP contribution in [0.4, 0.5) is 18.9 Å². The van der Waals surface area contributed by atoms with Gasteiger partial charge in [-0.15, -0.1) is 0 Å². The average molecular weight is 399 g/mol. The van der Waals surface area contributed by atoms with Crippen LogP contribution in [0.1, 0.15) is 29.3 Å². The molecule has 0 atom stereocenters. The van der Waals surface area contributed by atoms with Gasteiger partial charge in [-0.05, 0) is 37.3 Å². The summed E-state index contributed by atoms with van der Waals surface area (Å²) in [4.78, 5) is 27.6. The van der Waals surface area contributed by atoms with Crippen molar-refractivity contribution in [2.24, 2.45) is 5.10 Å². The summed E-state index contributed by atoms with van der Waals surface area (Å²) in [6, 6.07) is 6.18. The summed E-state index contributed by atoms with van der Waals surface area (Å²) in [5.41, 5.74) is 1.72. The highest BCUT2D eigenvalue weighted by Crippen LogP contribution is 2.36. The number of carbonyl (C=O) groups excluding carboxylic acids is 2. The zero-order valence-electron chi connectivity index (χ0n) is 14.0. The van der Waals surface area contributed by atoms with Gasteiger partial charge in [0.25, 0.3) is 5.91 Å². The molecule has 142 valence electrons. The smallest absolute Gasteiger partial charge is 0.326 e. The molecule has 0 radical (unpaired) electrons. The standard InChI is InChI=1S/C17H14ClF3N4O2/c1-10(24-25-16(27)11-3-2-6-22-9-11)7-15(26)23-12-4-5-14(18)13(8-12)17(19,20)21/h2-6,8-9H,7H2,1H3,(H,23,26)(H,25,27). The summed E-state index contributed by atoms with van der Waals surface area (Å²) in [5.74, 6) is -1.10. The Labute approximate surface area is 157 Å². The van der Waals surface area contributed by atoms with E-state index in [1.165, 1.54) is 25.4 Å². The average Bonchev–Trinajstić information content (AvgIpc) is 2.61. The minimum Gasteiger partial charge on any atom is -0.326 e. The number of rotatable bonds is 5. The third-order valence-electron chi connectivity index (χ3n) is 3.24. The summed E-state index contributed by atoms with van der Waals surface area (Å²) in [5, 5.41) is 5.65. The number of hydrogen-bond acceptors (Lipinski definition) is 4. The fourth-order valence-electron chi connectivity index (χ4n) is 2.01. The molecule has 0 unspecified atom stereocenters. The van der Waals surface area contributed by atoms with Gasteiger partial charge in [0.15, 0.2) is 0 Å². The third-order valence-corrected chi connectivity index (χ3v) is 3.57. The first kappa shape index (κ1) is 20.4. The van der Waals surface area contributed by atoms with Gasteiger partial charge in [0.1, 0.15) is 0 Å². The molecular weight excluding hydrogens is 385 g/mol. The van der Waals surface area contributed by atoms with E-state index >= 15 is 0 Å². The molecule has 2 amide bonds. The van der Waals surface area contributed by atoms with Gasteiger partial charge in [-0.25, -0.2) is 5.43 Å². The highest BCUT2D eigenvalue weighted by Gasteiger charge is 2.33. The molecule has 2 rings (SSSR count). The topological polar surface area (TPSA) is 83.5 Å². The summed E-state index contributed by atoms with van der Waals surface area (Å²) in [7, 11) is 0. The normalized spacial score (nSPS) is 11.8. The second-order valence-electron chi connectivity index (χ2n) is 5.45. The predicted molar refractivity (Wildman–Crippen MR) is 94.5 cm³/mol. The van der Waals surface area contributed by atoms with E-state index in [1.54, 1.807) is 12.1 Å². The number of hydrogen-bond donors (Lipinski definition) is 2. The van der Waals surface area contributed by atoms with Gasteiger partial charge in [0.05, 0.1) is 22.6 Å². The zero-order valence-corrected chi connectivity index (χ0v) is 14.7. The van der Waals surface area contributed by atoms with Gasteiger partial charge in [0, 0.05) is 23.8 Å². The molecule has 0 saturated carbocycles. The summed E-state index contributed by atoms with van der Waals surface area (Å²) in [6.45, 7) is 1.49. The number of nitrogens with one attached hydrogen (secondary N) is 2. The first-order valence-corrected chi connectivity index (χ1v) is 7.94. The van der Waals surface area contributed by atoms with Crippen LogP contribution in [0.3, 0.4) is 0 Å². The summed E-state index contributed by atoms with van der Waals surface area (Å²) >= 11 is 5.53. The molecule has 27 heavy (non-hydrogen) atoms. The van der Waals surface area contributed by atoms with E-state index in [0.717, 1.165) is 12.1 Å². The number of alkyl halides is 3. The van der Waals surface area contributed by atoms with Crippen molar-refractivity contribution in [2.45, 2.75) is 19.5 Å². The molecule has 0 fully saturated rings. The van der Waals surface area contributed by atoms with Crippen molar-refractivity contribution in [3.8, 4) is 0 Å². The number of benzene rings is 1. The van der Waals surface area contributed by atoms with Gasteiger partial charge < -0.3 is 5.32 Å². The number of amides is 2. The molecule has 0 aliphatic carbocycles. The number of pyridine rings is 1. The first-order valence-electron chi connectivity index (χ1n) is 7.57. The van der Waals surface area contributed by atoms with Crippen molar-refractivity contribution in [1.82, 2.24) is 10.4 Å². The summed E-state index contributed by atoms with van der Waals surface area (Å²) in [6.07, 6.45) is -1.99. The first-order chi connectivity index (χ1) is 12.7. The highest BCUT2D eigenvalue weighted by molar-refractivity contribution is 6.31. The molecule has 1 aromatic heterocycles. The van der Waals surface area contributed by atoms with Crippen LogP contribution in [-0.2, 0) is 11.0 Å². The summed E-state index contributed by atoms with van der Waals surface area (Å²) < 4.78 is 38.5. The molecule has 2 N–H and O–H groups in total.